The SMILES string of the molecule is C=O.COc1ccc(C(C)NC(=O)N(Cc2ccc(F)cc2)[C@H]2CCN(C)C[C@H]2F)cc1. The minimum Gasteiger partial charge on any atom is -0.497 e. The predicted molar refractivity (Wildman–Crippen MR) is 120 cm³/mol. The van der Waals surface area contributed by atoms with Crippen LogP contribution in [0.15, 0.2) is 48.5 Å². The van der Waals surface area contributed by atoms with Crippen molar-refractivity contribution in [2.75, 3.05) is 27.2 Å². The van der Waals surface area contributed by atoms with Crippen molar-refractivity contribution in [3.63, 3.8) is 0 Å². The first-order valence-corrected chi connectivity index (χ1v) is 10.4. The van der Waals surface area contributed by atoms with Gasteiger partial charge in [0.15, 0.2) is 0 Å². The molecule has 2 aromatic carbocycles. The summed E-state index contributed by atoms with van der Waals surface area (Å²) in [4.78, 5) is 24.7. The molecule has 3 rings (SSSR count). The zero-order chi connectivity index (χ0) is 23.7. The maximum Gasteiger partial charge on any atom is 0.318 e. The minimum absolute atomic E-state index is 0.218. The molecule has 0 spiro atoms. The van der Waals surface area contributed by atoms with Crippen LogP contribution in [-0.4, -0.2) is 62.1 Å². The molecule has 1 saturated heterocycles. The Bertz CT molecular complexity index is 849. The summed E-state index contributed by atoms with van der Waals surface area (Å²) in [5, 5.41) is 2.99. The molecule has 1 heterocycles. The number of amides is 2. The standard InChI is InChI=1S/C23H29F2N3O2.CH2O/c1-16(18-6-10-20(30-3)11-7-18)26-23(29)28(14-17-4-8-19(24)9-5-17)22-12-13-27(2)15-21(22)25;1-2/h4-11,16,21-22H,12-15H2,1-3H3,(H,26,29);1H2/t16?,21-,22+;/m1./s1. The number of alkyl halides is 1. The highest BCUT2D eigenvalue weighted by Crippen LogP contribution is 2.23. The molecule has 0 radical (unpaired) electrons. The van der Waals surface area contributed by atoms with E-state index in [-0.39, 0.29) is 31.0 Å². The summed E-state index contributed by atoms with van der Waals surface area (Å²) in [6.07, 6.45) is -0.602. The average molecular weight is 448 g/mol. The summed E-state index contributed by atoms with van der Waals surface area (Å²) in [6.45, 7) is 5.10. The Balaban J connectivity index is 0.00000176. The van der Waals surface area contributed by atoms with Crippen LogP contribution in [0.4, 0.5) is 13.6 Å². The summed E-state index contributed by atoms with van der Waals surface area (Å²) in [6, 6.07) is 12.3. The first-order chi connectivity index (χ1) is 15.4. The average Bonchev–Trinajstić information content (AvgIpc) is 2.80. The van der Waals surface area contributed by atoms with Crippen LogP contribution in [0.25, 0.3) is 0 Å². The van der Waals surface area contributed by atoms with Crippen LogP contribution in [0.3, 0.4) is 0 Å². The summed E-state index contributed by atoms with van der Waals surface area (Å²) in [5.41, 5.74) is 1.68. The van der Waals surface area contributed by atoms with Crippen LogP contribution in [0.5, 0.6) is 5.75 Å². The number of urea groups is 1. The number of piperidine rings is 1. The molecule has 0 aromatic heterocycles. The molecule has 3 atom stereocenters. The van der Waals surface area contributed by atoms with Crippen LogP contribution in [-0.2, 0) is 11.3 Å². The summed E-state index contributed by atoms with van der Waals surface area (Å²) in [7, 11) is 3.47. The summed E-state index contributed by atoms with van der Waals surface area (Å²) in [5.74, 6) is 0.396. The van der Waals surface area contributed by atoms with E-state index in [9.17, 15) is 13.6 Å². The molecule has 0 saturated carbocycles. The highest BCUT2D eigenvalue weighted by atomic mass is 19.1. The second-order valence-electron chi connectivity index (χ2n) is 7.83. The van der Waals surface area contributed by atoms with Gasteiger partial charge in [-0.1, -0.05) is 24.3 Å². The van der Waals surface area contributed by atoms with E-state index >= 15 is 0 Å². The van der Waals surface area contributed by atoms with Crippen molar-refractivity contribution in [3.8, 4) is 5.75 Å². The van der Waals surface area contributed by atoms with Gasteiger partial charge in [0.1, 0.15) is 24.5 Å². The van der Waals surface area contributed by atoms with Crippen LogP contribution in [0.1, 0.15) is 30.5 Å². The van der Waals surface area contributed by atoms with Gasteiger partial charge in [0.25, 0.3) is 0 Å². The van der Waals surface area contributed by atoms with E-state index in [2.05, 4.69) is 5.32 Å². The maximum atomic E-state index is 14.9. The number of benzene rings is 2. The van der Waals surface area contributed by atoms with Gasteiger partial charge in [-0.2, -0.15) is 0 Å². The van der Waals surface area contributed by atoms with E-state index in [0.29, 0.717) is 13.0 Å². The molecular formula is C24H31F2N3O3. The van der Waals surface area contributed by atoms with Crippen molar-refractivity contribution < 1.29 is 23.1 Å². The molecule has 1 aliphatic heterocycles. The topological polar surface area (TPSA) is 61.9 Å². The van der Waals surface area contributed by atoms with Crippen molar-refractivity contribution >= 4 is 12.8 Å². The molecule has 32 heavy (non-hydrogen) atoms. The number of carbonyl (C=O) groups is 2. The Morgan fingerprint density at radius 2 is 1.84 bits per heavy atom. The molecule has 6 nitrogen and oxygen atoms in total. The third-order valence-corrected chi connectivity index (χ3v) is 5.59. The number of methoxy groups -OCH3 is 1. The number of nitrogens with zero attached hydrogens (tertiary/aromatic N) is 2. The third-order valence-electron chi connectivity index (χ3n) is 5.59. The van der Waals surface area contributed by atoms with E-state index in [1.54, 1.807) is 24.1 Å². The molecule has 1 fully saturated rings. The Morgan fingerprint density at radius 1 is 1.22 bits per heavy atom. The van der Waals surface area contributed by atoms with Crippen molar-refractivity contribution in [3.05, 3.63) is 65.5 Å². The quantitative estimate of drug-likeness (QED) is 0.728. The van der Waals surface area contributed by atoms with Gasteiger partial charge in [-0.15, -0.1) is 0 Å². The van der Waals surface area contributed by atoms with Gasteiger partial charge >= 0.3 is 6.03 Å². The summed E-state index contributed by atoms with van der Waals surface area (Å²) < 4.78 is 33.3. The molecule has 1 N–H and O–H groups in total. The lowest BCUT2D eigenvalue weighted by Gasteiger charge is -2.40. The van der Waals surface area contributed by atoms with Gasteiger partial charge in [-0.3, -0.25) is 0 Å². The number of carbonyl (C=O) groups excluding carboxylic acids is 2. The number of nitrogens with one attached hydrogen (secondary N) is 1. The molecular weight excluding hydrogens is 416 g/mol. The number of ether oxygens (including phenoxy) is 1. The van der Waals surface area contributed by atoms with E-state index < -0.39 is 12.2 Å². The monoisotopic (exact) mass is 447 g/mol. The smallest absolute Gasteiger partial charge is 0.318 e. The Labute approximate surface area is 188 Å². The number of likely N-dealkylation sites (tertiary alicyclic amines) is 1. The first-order valence-electron chi connectivity index (χ1n) is 10.4. The molecule has 2 aromatic rings. The largest absolute Gasteiger partial charge is 0.497 e. The van der Waals surface area contributed by atoms with E-state index in [1.165, 1.54) is 12.1 Å². The molecule has 1 unspecified atom stereocenters. The predicted octanol–water partition coefficient (Wildman–Crippen LogP) is 3.96. The highest BCUT2D eigenvalue weighted by molar-refractivity contribution is 5.75. The number of hydrogen-bond donors (Lipinski definition) is 1. The van der Waals surface area contributed by atoms with Crippen molar-refractivity contribution in [1.29, 1.82) is 0 Å². The first kappa shape index (κ1) is 25.3. The second kappa shape index (κ2) is 12.1. The van der Waals surface area contributed by atoms with E-state index in [1.807, 2.05) is 49.9 Å². The van der Waals surface area contributed by atoms with Crippen LogP contribution < -0.4 is 10.1 Å². The van der Waals surface area contributed by atoms with Crippen molar-refractivity contribution in [2.45, 2.75) is 38.1 Å². The zero-order valence-electron chi connectivity index (χ0n) is 18.8. The number of halogens is 2. The molecule has 2 amide bonds. The lowest BCUT2D eigenvalue weighted by Crippen LogP contribution is -2.55. The molecule has 174 valence electrons. The molecule has 1 aliphatic rings. The van der Waals surface area contributed by atoms with E-state index in [4.69, 9.17) is 9.53 Å². The highest BCUT2D eigenvalue weighted by Gasteiger charge is 2.35. The van der Waals surface area contributed by atoms with Gasteiger partial charge in [0.2, 0.25) is 0 Å². The van der Waals surface area contributed by atoms with Gasteiger partial charge < -0.3 is 24.6 Å². The minimum atomic E-state index is -1.15. The zero-order valence-corrected chi connectivity index (χ0v) is 18.8. The number of rotatable bonds is 6. The fraction of sp³-hybridized carbons (Fsp3) is 0.417. The van der Waals surface area contributed by atoms with Crippen LogP contribution >= 0.6 is 0 Å². The molecule has 0 bridgehead atoms. The van der Waals surface area contributed by atoms with Gasteiger partial charge in [0.05, 0.1) is 19.2 Å². The van der Waals surface area contributed by atoms with Gasteiger partial charge in [-0.05, 0) is 55.8 Å². The Morgan fingerprint density at radius 3 is 2.41 bits per heavy atom. The van der Waals surface area contributed by atoms with Gasteiger partial charge in [0, 0.05) is 19.6 Å². The fourth-order valence-electron chi connectivity index (χ4n) is 3.77. The van der Waals surface area contributed by atoms with Gasteiger partial charge in [-0.25, -0.2) is 13.6 Å². The summed E-state index contributed by atoms with van der Waals surface area (Å²) >= 11 is 0. The molecule has 0 aliphatic carbocycles. The lowest BCUT2D eigenvalue weighted by atomic mass is 10.0. The number of hydrogen-bond acceptors (Lipinski definition) is 4. The van der Waals surface area contributed by atoms with E-state index in [0.717, 1.165) is 16.9 Å². The van der Waals surface area contributed by atoms with Crippen LogP contribution in [0.2, 0.25) is 0 Å². The van der Waals surface area contributed by atoms with Crippen molar-refractivity contribution in [2.24, 2.45) is 0 Å². The maximum absolute atomic E-state index is 14.9. The van der Waals surface area contributed by atoms with Crippen LogP contribution in [0, 0.1) is 5.82 Å². The third kappa shape index (κ3) is 6.75. The second-order valence-corrected chi connectivity index (χ2v) is 7.83. The lowest BCUT2D eigenvalue weighted by molar-refractivity contribution is -0.0980. The van der Waals surface area contributed by atoms with Crippen molar-refractivity contribution in [1.82, 2.24) is 15.1 Å². The Kier molecular flexibility index (Phi) is 9.59. The molecule has 8 heteroatoms. The Hall–Kier alpha value is -3.00. The fourth-order valence-corrected chi connectivity index (χ4v) is 3.77. The normalized spacial score (nSPS) is 19.3.